The summed E-state index contributed by atoms with van der Waals surface area (Å²) in [5.74, 6) is 0.870. The number of nitrogens with zero attached hydrogens (tertiary/aromatic N) is 5. The summed E-state index contributed by atoms with van der Waals surface area (Å²) in [5, 5.41) is 2.97. The minimum absolute atomic E-state index is 0.108. The van der Waals surface area contributed by atoms with E-state index >= 15 is 0 Å². The summed E-state index contributed by atoms with van der Waals surface area (Å²) < 4.78 is 28.6. The number of urea groups is 1. The number of hydrogen-bond acceptors (Lipinski definition) is 8. The van der Waals surface area contributed by atoms with Gasteiger partial charge in [0.2, 0.25) is 0 Å². The zero-order chi connectivity index (χ0) is 29.6. The van der Waals surface area contributed by atoms with E-state index in [0.717, 1.165) is 25.7 Å². The van der Waals surface area contributed by atoms with Crippen LogP contribution in [-0.4, -0.2) is 73.5 Å². The molecule has 2 saturated heterocycles. The van der Waals surface area contributed by atoms with E-state index in [9.17, 15) is 18.0 Å². The molecule has 41 heavy (non-hydrogen) atoms. The summed E-state index contributed by atoms with van der Waals surface area (Å²) >= 11 is 0. The molecule has 2 N–H and O–H groups in total. The second-order valence-corrected chi connectivity index (χ2v) is 14.8. The lowest BCUT2D eigenvalue weighted by Crippen LogP contribution is -2.41. The van der Waals surface area contributed by atoms with Crippen LogP contribution in [0.25, 0.3) is 0 Å². The highest BCUT2D eigenvalue weighted by molar-refractivity contribution is 7.90. The fourth-order valence-corrected chi connectivity index (χ4v) is 6.83. The molecule has 0 aromatic carbocycles. The number of sulfonamides is 1. The van der Waals surface area contributed by atoms with Gasteiger partial charge in [0.05, 0.1) is 5.56 Å². The molecule has 0 radical (unpaired) electrons. The first-order chi connectivity index (χ1) is 19.2. The van der Waals surface area contributed by atoms with Crippen LogP contribution in [0.4, 0.5) is 22.2 Å². The number of carbonyl (C=O) groups is 2. The first kappa shape index (κ1) is 29.1. The minimum atomic E-state index is -4.24. The van der Waals surface area contributed by atoms with Gasteiger partial charge in [-0.05, 0) is 75.1 Å². The van der Waals surface area contributed by atoms with Gasteiger partial charge in [0, 0.05) is 38.3 Å². The Morgan fingerprint density at radius 2 is 1.85 bits per heavy atom. The zero-order valence-electron chi connectivity index (χ0n) is 24.6. The fourth-order valence-electron chi connectivity index (χ4n) is 5.90. The predicted molar refractivity (Wildman–Crippen MR) is 159 cm³/mol. The van der Waals surface area contributed by atoms with Crippen LogP contribution >= 0.6 is 0 Å². The number of rotatable bonds is 3. The summed E-state index contributed by atoms with van der Waals surface area (Å²) in [5.41, 5.74) is -0.0704. The van der Waals surface area contributed by atoms with Crippen molar-refractivity contribution in [3.05, 3.63) is 35.9 Å². The van der Waals surface area contributed by atoms with Gasteiger partial charge in [-0.15, -0.1) is 0 Å². The van der Waals surface area contributed by atoms with Crippen LogP contribution in [0, 0.1) is 11.3 Å². The third kappa shape index (κ3) is 6.27. The van der Waals surface area contributed by atoms with Gasteiger partial charge >= 0.3 is 6.03 Å². The molecule has 0 aliphatic carbocycles. The highest BCUT2D eigenvalue weighted by Gasteiger charge is 2.41. The lowest BCUT2D eigenvalue weighted by atomic mass is 9.92. The second-order valence-electron chi connectivity index (χ2n) is 13.1. The van der Waals surface area contributed by atoms with Crippen LogP contribution in [0.5, 0.6) is 0 Å². The molecule has 5 heterocycles. The smallest absolute Gasteiger partial charge is 0.325 e. The SMILES string of the molecule is CC(C)(C)CCN1CCN(c2ccc3c(n2)N2CC(CCCNc4cccc(n4)S(=O)(=O)NC3=O)CC2(C)C)C1=O. The number of pyridine rings is 2. The Bertz CT molecular complexity index is 1440. The average molecular weight is 584 g/mol. The highest BCUT2D eigenvalue weighted by atomic mass is 32.2. The Hall–Kier alpha value is -3.41. The van der Waals surface area contributed by atoms with Crippen LogP contribution in [0.2, 0.25) is 0 Å². The molecule has 12 heteroatoms. The molecule has 2 aromatic heterocycles. The zero-order valence-corrected chi connectivity index (χ0v) is 25.4. The molecule has 3 aliphatic rings. The third-order valence-corrected chi connectivity index (χ3v) is 9.38. The molecule has 5 rings (SSSR count). The fraction of sp³-hybridized carbons (Fsp3) is 0.586. The molecular weight excluding hydrogens is 542 g/mol. The summed E-state index contributed by atoms with van der Waals surface area (Å²) in [6.45, 7) is 13.8. The molecule has 0 spiro atoms. The lowest BCUT2D eigenvalue weighted by Gasteiger charge is -2.34. The van der Waals surface area contributed by atoms with Gasteiger partial charge in [0.15, 0.2) is 5.03 Å². The summed E-state index contributed by atoms with van der Waals surface area (Å²) in [6.07, 6.45) is 3.63. The number of carbonyl (C=O) groups excluding carboxylic acids is 2. The van der Waals surface area contributed by atoms with E-state index in [1.807, 2.05) is 4.90 Å². The van der Waals surface area contributed by atoms with Gasteiger partial charge in [-0.2, -0.15) is 8.42 Å². The number of anilines is 3. The van der Waals surface area contributed by atoms with Crippen LogP contribution in [0.15, 0.2) is 35.4 Å². The Balaban J connectivity index is 1.52. The first-order valence-electron chi connectivity index (χ1n) is 14.4. The van der Waals surface area contributed by atoms with Gasteiger partial charge < -0.3 is 15.1 Å². The molecule has 2 aromatic rings. The summed E-state index contributed by atoms with van der Waals surface area (Å²) in [6, 6.07) is 7.78. The maximum Gasteiger partial charge on any atom is 0.325 e. The number of amides is 3. The van der Waals surface area contributed by atoms with Crippen molar-refractivity contribution in [1.29, 1.82) is 0 Å². The molecule has 2 fully saturated rings. The van der Waals surface area contributed by atoms with E-state index < -0.39 is 15.9 Å². The monoisotopic (exact) mass is 583 g/mol. The Labute approximate surface area is 242 Å². The van der Waals surface area contributed by atoms with Crippen LogP contribution in [0.3, 0.4) is 0 Å². The number of hydrogen-bond donors (Lipinski definition) is 2. The van der Waals surface area contributed by atoms with E-state index in [2.05, 4.69) is 54.5 Å². The van der Waals surface area contributed by atoms with Gasteiger partial charge in [-0.1, -0.05) is 26.8 Å². The van der Waals surface area contributed by atoms with Crippen molar-refractivity contribution in [1.82, 2.24) is 19.6 Å². The summed E-state index contributed by atoms with van der Waals surface area (Å²) in [7, 11) is -4.24. The quantitative estimate of drug-likeness (QED) is 0.553. The molecule has 1 unspecified atom stereocenters. The van der Waals surface area contributed by atoms with Gasteiger partial charge in [0.25, 0.3) is 15.9 Å². The van der Waals surface area contributed by atoms with Crippen LogP contribution in [0.1, 0.15) is 70.7 Å². The van der Waals surface area contributed by atoms with E-state index in [-0.39, 0.29) is 27.6 Å². The molecule has 4 bridgehead atoms. The van der Waals surface area contributed by atoms with E-state index in [0.29, 0.717) is 56.1 Å². The molecule has 3 aliphatic heterocycles. The Kier molecular flexibility index (Phi) is 7.65. The van der Waals surface area contributed by atoms with Crippen molar-refractivity contribution in [3.63, 3.8) is 0 Å². The highest BCUT2D eigenvalue weighted by Crippen LogP contribution is 2.40. The molecule has 222 valence electrons. The average Bonchev–Trinajstić information content (AvgIpc) is 3.41. The Morgan fingerprint density at radius 3 is 2.61 bits per heavy atom. The van der Waals surface area contributed by atoms with Crippen molar-refractivity contribution >= 4 is 39.4 Å². The maximum absolute atomic E-state index is 13.6. The van der Waals surface area contributed by atoms with Crippen molar-refractivity contribution in [2.24, 2.45) is 11.3 Å². The molecule has 11 nitrogen and oxygen atoms in total. The number of nitrogens with one attached hydrogen (secondary N) is 2. The molecular formula is C29H41N7O4S. The van der Waals surface area contributed by atoms with E-state index in [4.69, 9.17) is 4.98 Å². The van der Waals surface area contributed by atoms with Crippen molar-refractivity contribution in [3.8, 4) is 0 Å². The van der Waals surface area contributed by atoms with Crippen LogP contribution < -0.4 is 19.8 Å². The lowest BCUT2D eigenvalue weighted by molar-refractivity contribution is 0.0981. The standard InChI is InChI=1S/C29H41N7O4S/c1-28(2,3)13-15-34-16-17-35(27(34)38)23-12-11-21-25(32-23)36-19-20(18-29(36,4)5)8-7-14-30-22-9-6-10-24(31-22)41(39,40)33-26(21)37/h6,9-12,20H,7-8,13-19H2,1-5H3,(H,30,31)(H,33,37). The summed E-state index contributed by atoms with van der Waals surface area (Å²) in [4.78, 5) is 41.6. The molecule has 0 saturated carbocycles. The maximum atomic E-state index is 13.6. The van der Waals surface area contributed by atoms with Crippen molar-refractivity contribution in [2.75, 3.05) is 47.8 Å². The first-order valence-corrected chi connectivity index (χ1v) is 15.9. The number of aromatic nitrogens is 2. The Morgan fingerprint density at radius 1 is 1.07 bits per heavy atom. The predicted octanol–water partition coefficient (Wildman–Crippen LogP) is 4.08. The van der Waals surface area contributed by atoms with Gasteiger partial charge in [-0.3, -0.25) is 9.69 Å². The van der Waals surface area contributed by atoms with Gasteiger partial charge in [-0.25, -0.2) is 19.5 Å². The minimum Gasteiger partial charge on any atom is -0.370 e. The third-order valence-electron chi connectivity index (χ3n) is 8.14. The van der Waals surface area contributed by atoms with E-state index in [1.54, 1.807) is 29.2 Å². The van der Waals surface area contributed by atoms with E-state index in [1.165, 1.54) is 6.07 Å². The normalized spacial score (nSPS) is 22.5. The number of fused-ring (bicyclic) bond motifs is 6. The molecule has 1 atom stereocenters. The topological polar surface area (TPSA) is 128 Å². The largest absolute Gasteiger partial charge is 0.370 e. The van der Waals surface area contributed by atoms with Crippen LogP contribution in [-0.2, 0) is 10.0 Å². The van der Waals surface area contributed by atoms with Gasteiger partial charge in [0.1, 0.15) is 17.5 Å². The second kappa shape index (κ2) is 10.8. The molecule has 3 amide bonds. The van der Waals surface area contributed by atoms with Crippen molar-refractivity contribution in [2.45, 2.75) is 70.9 Å². The van der Waals surface area contributed by atoms with Crippen molar-refractivity contribution < 1.29 is 18.0 Å².